The Morgan fingerprint density at radius 1 is 1.19 bits per heavy atom. The summed E-state index contributed by atoms with van der Waals surface area (Å²) in [4.78, 5) is 3.60. The lowest BCUT2D eigenvalue weighted by atomic mass is 10.3. The topological polar surface area (TPSA) is 77.5 Å². The highest BCUT2D eigenvalue weighted by Crippen LogP contribution is 2.40. The van der Waals surface area contributed by atoms with Gasteiger partial charge in [0.2, 0.25) is 6.79 Å². The fraction of sp³-hybridized carbons (Fsp3) is 0.0833. The van der Waals surface area contributed by atoms with Gasteiger partial charge in [-0.2, -0.15) is 0 Å². The maximum Gasteiger partial charge on any atom is 0.265 e. The molecule has 0 spiro atoms. The van der Waals surface area contributed by atoms with Crippen molar-refractivity contribution in [1.29, 1.82) is 0 Å². The molecule has 1 aromatic carbocycles. The van der Waals surface area contributed by atoms with Crippen LogP contribution in [0.4, 0.5) is 5.69 Å². The first-order valence-corrected chi connectivity index (χ1v) is 7.94. The molecule has 6 nitrogen and oxygen atoms in total. The molecule has 1 N–H and O–H groups in total. The monoisotopic (exact) mass is 346 g/mol. The van der Waals surface area contributed by atoms with Crippen LogP contribution in [0.1, 0.15) is 0 Å². The van der Waals surface area contributed by atoms with E-state index in [2.05, 4.69) is 9.71 Å². The number of fused-ring (bicyclic) bond motifs is 1. The summed E-state index contributed by atoms with van der Waals surface area (Å²) < 4.78 is 37.3. The van der Waals surface area contributed by atoms with Crippen LogP contribution in [0, 0.1) is 0 Å². The van der Waals surface area contributed by atoms with Crippen LogP contribution in [0.5, 0.6) is 11.5 Å². The molecule has 2 heterocycles. The van der Waals surface area contributed by atoms with E-state index in [1.54, 1.807) is 0 Å². The number of hydrogen-bond donors (Lipinski definition) is 1. The molecule has 0 amide bonds. The van der Waals surface area contributed by atoms with Crippen LogP contribution in [0.3, 0.4) is 0 Å². The highest BCUT2D eigenvalue weighted by molar-refractivity contribution is 7.92. The molecule has 1 aromatic heterocycles. The molecule has 0 saturated heterocycles. The molecule has 0 bridgehead atoms. The minimum atomic E-state index is -3.91. The van der Waals surface area contributed by atoms with Crippen LogP contribution in [0.2, 0.25) is 10.2 Å². The summed E-state index contributed by atoms with van der Waals surface area (Å²) in [6.07, 6.45) is 1.40. The van der Waals surface area contributed by atoms with Crippen molar-refractivity contribution in [2.45, 2.75) is 4.90 Å². The zero-order chi connectivity index (χ0) is 15.0. The van der Waals surface area contributed by atoms with Gasteiger partial charge in [-0.15, -0.1) is 0 Å². The van der Waals surface area contributed by atoms with Crippen molar-refractivity contribution in [2.75, 3.05) is 11.5 Å². The van der Waals surface area contributed by atoms with Gasteiger partial charge >= 0.3 is 0 Å². The molecule has 0 radical (unpaired) electrons. The summed E-state index contributed by atoms with van der Waals surface area (Å²) in [6, 6.07) is 5.75. The lowest BCUT2D eigenvalue weighted by Crippen LogP contribution is -2.14. The average molecular weight is 347 g/mol. The molecule has 0 fully saturated rings. The van der Waals surface area contributed by atoms with Gasteiger partial charge in [0, 0.05) is 18.3 Å². The molecule has 1 aliphatic rings. The summed E-state index contributed by atoms with van der Waals surface area (Å²) in [5.41, 5.74) is 0.167. The third kappa shape index (κ3) is 2.72. The van der Waals surface area contributed by atoms with Gasteiger partial charge < -0.3 is 9.47 Å². The summed E-state index contributed by atoms with van der Waals surface area (Å²) in [5, 5.41) is 0.0599. The van der Waals surface area contributed by atoms with Crippen molar-refractivity contribution >= 4 is 38.9 Å². The number of hydrogen-bond acceptors (Lipinski definition) is 5. The summed E-state index contributed by atoms with van der Waals surface area (Å²) in [5.74, 6) is 0.872. The number of nitrogens with zero attached hydrogens (tertiary/aromatic N) is 1. The lowest BCUT2D eigenvalue weighted by Gasteiger charge is -2.11. The second-order valence-electron chi connectivity index (χ2n) is 4.08. The van der Waals surface area contributed by atoms with E-state index in [9.17, 15) is 8.42 Å². The minimum absolute atomic E-state index is 0.0658. The molecule has 110 valence electrons. The van der Waals surface area contributed by atoms with Crippen LogP contribution in [-0.2, 0) is 10.0 Å². The van der Waals surface area contributed by atoms with Crippen molar-refractivity contribution < 1.29 is 17.9 Å². The molecule has 21 heavy (non-hydrogen) atoms. The number of aromatic nitrogens is 1. The smallest absolute Gasteiger partial charge is 0.265 e. The largest absolute Gasteiger partial charge is 0.454 e. The number of benzene rings is 1. The third-order valence-electron chi connectivity index (χ3n) is 2.72. The van der Waals surface area contributed by atoms with Gasteiger partial charge in [-0.05, 0) is 12.1 Å². The quantitative estimate of drug-likeness (QED) is 0.864. The predicted octanol–water partition coefficient (Wildman–Crippen LogP) is 2.92. The fourth-order valence-corrected chi connectivity index (χ4v) is 3.55. The minimum Gasteiger partial charge on any atom is -0.454 e. The SMILES string of the molecule is O=S(=O)(Nc1cc2c(cc1Cl)OCO2)c1cccnc1Cl. The van der Waals surface area contributed by atoms with Crippen molar-refractivity contribution in [3.05, 3.63) is 40.6 Å². The first-order chi connectivity index (χ1) is 9.97. The molecule has 0 saturated carbocycles. The summed E-state index contributed by atoms with van der Waals surface area (Å²) in [6.45, 7) is 0.0658. The van der Waals surface area contributed by atoms with Crippen LogP contribution in [-0.4, -0.2) is 20.2 Å². The Morgan fingerprint density at radius 2 is 1.90 bits per heavy atom. The number of anilines is 1. The highest BCUT2D eigenvalue weighted by Gasteiger charge is 2.22. The van der Waals surface area contributed by atoms with Gasteiger partial charge in [0.25, 0.3) is 10.0 Å². The number of nitrogens with one attached hydrogen (secondary N) is 1. The Bertz CT molecular complexity index is 811. The number of pyridine rings is 1. The Kier molecular flexibility index (Phi) is 3.56. The van der Waals surface area contributed by atoms with Gasteiger partial charge in [0.15, 0.2) is 11.5 Å². The lowest BCUT2D eigenvalue weighted by molar-refractivity contribution is 0.174. The zero-order valence-electron chi connectivity index (χ0n) is 10.3. The fourth-order valence-electron chi connectivity index (χ4n) is 1.77. The molecule has 1 aliphatic heterocycles. The summed E-state index contributed by atoms with van der Waals surface area (Å²) in [7, 11) is -3.91. The summed E-state index contributed by atoms with van der Waals surface area (Å²) >= 11 is 11.8. The van der Waals surface area contributed by atoms with E-state index in [4.69, 9.17) is 32.7 Å². The van der Waals surface area contributed by atoms with Gasteiger partial charge in [0.05, 0.1) is 10.7 Å². The van der Waals surface area contributed by atoms with Gasteiger partial charge in [0.1, 0.15) is 10.0 Å². The van der Waals surface area contributed by atoms with Crippen LogP contribution in [0.25, 0.3) is 0 Å². The van der Waals surface area contributed by atoms with Gasteiger partial charge in [-0.25, -0.2) is 13.4 Å². The Morgan fingerprint density at radius 3 is 2.62 bits per heavy atom. The molecular weight excluding hydrogens is 339 g/mol. The number of sulfonamides is 1. The molecule has 2 aromatic rings. The van der Waals surface area contributed by atoms with E-state index in [1.807, 2.05) is 0 Å². The second kappa shape index (κ2) is 5.25. The van der Waals surface area contributed by atoms with Crippen LogP contribution in [0.15, 0.2) is 35.4 Å². The van der Waals surface area contributed by atoms with Crippen LogP contribution >= 0.6 is 23.2 Å². The Labute approximate surface area is 130 Å². The van der Waals surface area contributed by atoms with E-state index in [-0.39, 0.29) is 27.6 Å². The number of rotatable bonds is 3. The van der Waals surface area contributed by atoms with E-state index < -0.39 is 10.0 Å². The van der Waals surface area contributed by atoms with Crippen LogP contribution < -0.4 is 14.2 Å². The zero-order valence-corrected chi connectivity index (χ0v) is 12.7. The average Bonchev–Trinajstić information content (AvgIpc) is 2.86. The van der Waals surface area contributed by atoms with E-state index in [0.717, 1.165) is 0 Å². The predicted molar refractivity (Wildman–Crippen MR) is 77.6 cm³/mol. The van der Waals surface area contributed by atoms with Gasteiger partial charge in [-0.3, -0.25) is 4.72 Å². The van der Waals surface area contributed by atoms with E-state index in [0.29, 0.717) is 11.5 Å². The number of halogens is 2. The highest BCUT2D eigenvalue weighted by atomic mass is 35.5. The third-order valence-corrected chi connectivity index (χ3v) is 4.84. The molecule has 9 heteroatoms. The van der Waals surface area contributed by atoms with Crippen molar-refractivity contribution in [3.63, 3.8) is 0 Å². The first-order valence-electron chi connectivity index (χ1n) is 5.70. The second-order valence-corrected chi connectivity index (χ2v) is 6.50. The molecular formula is C12H8Cl2N2O4S. The van der Waals surface area contributed by atoms with Crippen molar-refractivity contribution in [3.8, 4) is 11.5 Å². The van der Waals surface area contributed by atoms with E-state index in [1.165, 1.54) is 30.5 Å². The first kappa shape index (κ1) is 14.2. The normalized spacial score (nSPS) is 13.2. The Balaban J connectivity index is 1.99. The number of ether oxygens (including phenoxy) is 2. The molecule has 3 rings (SSSR count). The maximum atomic E-state index is 12.3. The molecule has 0 unspecified atom stereocenters. The molecule has 0 aliphatic carbocycles. The molecule has 0 atom stereocenters. The van der Waals surface area contributed by atoms with E-state index >= 15 is 0 Å². The van der Waals surface area contributed by atoms with Gasteiger partial charge in [-0.1, -0.05) is 23.2 Å². The Hall–Kier alpha value is -1.70. The van der Waals surface area contributed by atoms with Crippen molar-refractivity contribution in [2.24, 2.45) is 0 Å². The standard InChI is InChI=1S/C12H8Cl2N2O4S/c13-7-4-9-10(20-6-19-9)5-8(7)16-21(17,18)11-2-1-3-15-12(11)14/h1-5,16H,6H2. The van der Waals surface area contributed by atoms with Crippen molar-refractivity contribution in [1.82, 2.24) is 4.98 Å². The maximum absolute atomic E-state index is 12.3.